The number of amides is 1. The van der Waals surface area contributed by atoms with Crippen molar-refractivity contribution in [2.75, 3.05) is 6.54 Å². The minimum absolute atomic E-state index is 0.187. The fraction of sp³-hybridized carbons (Fsp3) is 0.450. The summed E-state index contributed by atoms with van der Waals surface area (Å²) in [6.45, 7) is 0.929. The number of carbonyl (C=O) groups is 1. The van der Waals surface area contributed by atoms with Gasteiger partial charge >= 0.3 is 0 Å². The van der Waals surface area contributed by atoms with Gasteiger partial charge in [-0.25, -0.2) is 0 Å². The first kappa shape index (κ1) is 14.6. The normalized spacial score (nSPS) is 25.0. The number of hydrogen-bond acceptors (Lipinski definition) is 1. The molecule has 1 aromatic carbocycles. The van der Waals surface area contributed by atoms with Gasteiger partial charge in [0.2, 0.25) is 5.91 Å². The van der Waals surface area contributed by atoms with E-state index in [9.17, 15) is 4.79 Å². The number of nitrogens with one attached hydrogen (secondary N) is 1. The predicted octanol–water partition coefficient (Wildman–Crippen LogP) is 4.36. The number of hydrogen-bond donors (Lipinski definition) is 1. The summed E-state index contributed by atoms with van der Waals surface area (Å²) in [6, 6.07) is 8.69. The number of H-pyrrole nitrogens is 1. The number of aromatic amines is 1. The van der Waals surface area contributed by atoms with Crippen LogP contribution in [0.3, 0.4) is 0 Å². The first-order chi connectivity index (χ1) is 11.3. The van der Waals surface area contributed by atoms with Crippen LogP contribution in [0.2, 0.25) is 0 Å². The maximum absolute atomic E-state index is 12.7. The number of rotatable bonds is 2. The maximum Gasteiger partial charge on any atom is 0.246 e. The third-order valence-corrected chi connectivity index (χ3v) is 5.55. The van der Waals surface area contributed by atoms with Gasteiger partial charge in [0.05, 0.1) is 0 Å². The Morgan fingerprint density at radius 2 is 1.96 bits per heavy atom. The molecule has 1 N–H and O–H groups in total. The van der Waals surface area contributed by atoms with Gasteiger partial charge in [-0.05, 0) is 49.3 Å². The molecular weight excluding hydrogens is 284 g/mol. The van der Waals surface area contributed by atoms with Crippen molar-refractivity contribution in [2.24, 2.45) is 5.92 Å². The molecule has 0 radical (unpaired) electrons. The Kier molecular flexibility index (Phi) is 3.94. The Balaban J connectivity index is 1.52. The molecule has 2 heterocycles. The maximum atomic E-state index is 12.7. The Morgan fingerprint density at radius 3 is 2.91 bits per heavy atom. The van der Waals surface area contributed by atoms with E-state index in [0.717, 1.165) is 30.0 Å². The highest BCUT2D eigenvalue weighted by atomic mass is 16.2. The molecule has 2 aliphatic rings. The smallest absolute Gasteiger partial charge is 0.246 e. The molecule has 0 bridgehead atoms. The van der Waals surface area contributed by atoms with Crippen molar-refractivity contribution in [2.45, 2.75) is 44.6 Å². The van der Waals surface area contributed by atoms with E-state index in [-0.39, 0.29) is 5.91 Å². The first-order valence-corrected chi connectivity index (χ1v) is 8.88. The van der Waals surface area contributed by atoms with Crippen LogP contribution in [-0.2, 0) is 4.79 Å². The summed E-state index contributed by atoms with van der Waals surface area (Å²) in [5.41, 5.74) is 2.20. The summed E-state index contributed by atoms with van der Waals surface area (Å²) in [5, 5.41) is 1.17. The molecular formula is C20H24N2O. The van der Waals surface area contributed by atoms with E-state index < -0.39 is 0 Å². The molecule has 1 saturated heterocycles. The number of likely N-dealkylation sites (tertiary alicyclic amines) is 1. The van der Waals surface area contributed by atoms with Gasteiger partial charge in [0.25, 0.3) is 0 Å². The van der Waals surface area contributed by atoms with E-state index in [1.54, 1.807) is 6.08 Å². The quantitative estimate of drug-likeness (QED) is 0.822. The van der Waals surface area contributed by atoms with Crippen molar-refractivity contribution >= 4 is 22.9 Å². The molecule has 120 valence electrons. The Labute approximate surface area is 137 Å². The zero-order valence-corrected chi connectivity index (χ0v) is 13.5. The molecule has 23 heavy (non-hydrogen) atoms. The minimum atomic E-state index is 0.187. The SMILES string of the molecule is O=C(C=Cc1c[nH]c2ccccc12)N1CCCC2CCCCC21. The molecule has 1 aliphatic heterocycles. The van der Waals surface area contributed by atoms with Gasteiger partial charge in [-0.1, -0.05) is 31.0 Å². The molecule has 0 spiro atoms. The van der Waals surface area contributed by atoms with Crippen LogP contribution in [0.5, 0.6) is 0 Å². The topological polar surface area (TPSA) is 36.1 Å². The Hall–Kier alpha value is -2.03. The number of fused-ring (bicyclic) bond motifs is 2. The second-order valence-corrected chi connectivity index (χ2v) is 6.91. The van der Waals surface area contributed by atoms with Gasteiger partial charge in [0, 0.05) is 35.8 Å². The lowest BCUT2D eigenvalue weighted by atomic mass is 9.78. The lowest BCUT2D eigenvalue weighted by molar-refractivity contribution is -0.132. The van der Waals surface area contributed by atoms with Gasteiger partial charge in [0.15, 0.2) is 0 Å². The van der Waals surface area contributed by atoms with Gasteiger partial charge in [0.1, 0.15) is 0 Å². The molecule has 2 aromatic rings. The Bertz CT molecular complexity index is 728. The van der Waals surface area contributed by atoms with Gasteiger partial charge < -0.3 is 9.88 Å². The number of benzene rings is 1. The summed E-state index contributed by atoms with van der Waals surface area (Å²) in [7, 11) is 0. The second kappa shape index (κ2) is 6.23. The number of aromatic nitrogens is 1. The summed E-state index contributed by atoms with van der Waals surface area (Å²) in [5.74, 6) is 0.926. The fourth-order valence-corrected chi connectivity index (χ4v) is 4.39. The average Bonchev–Trinajstić information content (AvgIpc) is 3.02. The Morgan fingerprint density at radius 1 is 1.13 bits per heavy atom. The van der Waals surface area contributed by atoms with Crippen molar-refractivity contribution < 1.29 is 4.79 Å². The van der Waals surface area contributed by atoms with E-state index in [0.29, 0.717) is 6.04 Å². The van der Waals surface area contributed by atoms with Gasteiger partial charge in [-0.2, -0.15) is 0 Å². The highest BCUT2D eigenvalue weighted by Gasteiger charge is 2.34. The number of para-hydroxylation sites is 1. The van der Waals surface area contributed by atoms with Crippen LogP contribution in [0.4, 0.5) is 0 Å². The van der Waals surface area contributed by atoms with Crippen LogP contribution >= 0.6 is 0 Å². The molecule has 2 unspecified atom stereocenters. The largest absolute Gasteiger partial charge is 0.361 e. The lowest BCUT2D eigenvalue weighted by Crippen LogP contribution is -2.49. The minimum Gasteiger partial charge on any atom is -0.361 e. The van der Waals surface area contributed by atoms with E-state index in [4.69, 9.17) is 0 Å². The fourth-order valence-electron chi connectivity index (χ4n) is 4.39. The van der Waals surface area contributed by atoms with Crippen LogP contribution < -0.4 is 0 Å². The van der Waals surface area contributed by atoms with Crippen LogP contribution in [-0.4, -0.2) is 28.4 Å². The third kappa shape index (κ3) is 2.80. The molecule has 3 nitrogen and oxygen atoms in total. The van der Waals surface area contributed by atoms with Crippen LogP contribution in [0.15, 0.2) is 36.5 Å². The molecule has 1 aromatic heterocycles. The molecule has 1 saturated carbocycles. The van der Waals surface area contributed by atoms with Crippen molar-refractivity contribution in [1.29, 1.82) is 0 Å². The van der Waals surface area contributed by atoms with Crippen molar-refractivity contribution in [1.82, 2.24) is 9.88 Å². The van der Waals surface area contributed by atoms with E-state index in [1.165, 1.54) is 37.5 Å². The predicted molar refractivity (Wildman–Crippen MR) is 94.0 cm³/mol. The molecule has 1 aliphatic carbocycles. The molecule has 2 fully saturated rings. The lowest BCUT2D eigenvalue weighted by Gasteiger charge is -2.43. The zero-order valence-electron chi connectivity index (χ0n) is 13.5. The highest BCUT2D eigenvalue weighted by molar-refractivity contribution is 5.96. The van der Waals surface area contributed by atoms with Crippen molar-refractivity contribution in [3.8, 4) is 0 Å². The molecule has 2 atom stereocenters. The summed E-state index contributed by atoms with van der Waals surface area (Å²) >= 11 is 0. The first-order valence-electron chi connectivity index (χ1n) is 8.88. The zero-order chi connectivity index (χ0) is 15.6. The van der Waals surface area contributed by atoms with Crippen molar-refractivity contribution in [3.63, 3.8) is 0 Å². The summed E-state index contributed by atoms with van der Waals surface area (Å²) < 4.78 is 0. The van der Waals surface area contributed by atoms with Crippen LogP contribution in [0.25, 0.3) is 17.0 Å². The standard InChI is InChI=1S/C20H24N2O/c23-20(22-13-5-7-15-6-1-4-10-19(15)22)12-11-16-14-21-18-9-3-2-8-17(16)18/h2-3,8-9,11-12,14-15,19,21H,1,4-7,10,13H2. The molecule has 1 amide bonds. The van der Waals surface area contributed by atoms with Gasteiger partial charge in [-0.3, -0.25) is 4.79 Å². The van der Waals surface area contributed by atoms with Crippen molar-refractivity contribution in [3.05, 3.63) is 42.1 Å². The summed E-state index contributed by atoms with van der Waals surface area (Å²) in [4.78, 5) is 18.1. The molecule has 3 heteroatoms. The third-order valence-electron chi connectivity index (χ3n) is 5.55. The van der Waals surface area contributed by atoms with E-state index in [1.807, 2.05) is 24.4 Å². The highest BCUT2D eigenvalue weighted by Crippen LogP contribution is 2.35. The average molecular weight is 308 g/mol. The van der Waals surface area contributed by atoms with Crippen LogP contribution in [0, 0.1) is 5.92 Å². The second-order valence-electron chi connectivity index (χ2n) is 6.91. The van der Waals surface area contributed by atoms with E-state index in [2.05, 4.69) is 22.0 Å². The van der Waals surface area contributed by atoms with Gasteiger partial charge in [-0.15, -0.1) is 0 Å². The monoisotopic (exact) mass is 308 g/mol. The summed E-state index contributed by atoms with van der Waals surface area (Å²) in [6.07, 6.45) is 13.3. The van der Waals surface area contributed by atoms with E-state index >= 15 is 0 Å². The number of nitrogens with zero attached hydrogens (tertiary/aromatic N) is 1. The van der Waals surface area contributed by atoms with Crippen LogP contribution in [0.1, 0.15) is 44.1 Å². The number of carbonyl (C=O) groups excluding carboxylic acids is 1. The number of piperidine rings is 1. The molecule has 4 rings (SSSR count).